The van der Waals surface area contributed by atoms with Crippen LogP contribution in [0.4, 0.5) is 0 Å². The summed E-state index contributed by atoms with van der Waals surface area (Å²) in [4.78, 5) is 12.6. The van der Waals surface area contributed by atoms with Crippen molar-refractivity contribution in [2.45, 2.75) is 52.4 Å². The minimum absolute atomic E-state index is 0.000972. The largest absolute Gasteiger partial charge is 0.477 e. The van der Waals surface area contributed by atoms with E-state index in [9.17, 15) is 4.79 Å². The second-order valence-electron chi connectivity index (χ2n) is 6.16. The molecule has 1 rings (SSSR count). The zero-order valence-corrected chi connectivity index (χ0v) is 11.7. The average molecular weight is 240 g/mol. The smallest absolute Gasteiger partial charge is 0.345 e. The molecule has 0 saturated heterocycles. The molecule has 0 saturated carbocycles. The standard InChI is InChI=1S/C13H20O2S/c1-12(2,3)8-7-9(11(14)15)16-10(8)13(4,5)6/h7H,1-6H3,(H,14,15). The zero-order chi connectivity index (χ0) is 12.7. The van der Waals surface area contributed by atoms with Crippen molar-refractivity contribution in [3.8, 4) is 0 Å². The summed E-state index contributed by atoms with van der Waals surface area (Å²) in [6, 6.07) is 1.83. The normalized spacial score (nSPS) is 12.9. The van der Waals surface area contributed by atoms with Gasteiger partial charge in [-0.15, -0.1) is 11.3 Å². The van der Waals surface area contributed by atoms with Crippen LogP contribution in [0.15, 0.2) is 6.07 Å². The molecule has 0 atom stereocenters. The first-order valence-corrected chi connectivity index (χ1v) is 6.23. The average Bonchev–Trinajstić information content (AvgIpc) is 2.44. The number of thiophene rings is 1. The van der Waals surface area contributed by atoms with Crippen molar-refractivity contribution < 1.29 is 9.90 Å². The van der Waals surface area contributed by atoms with Crippen LogP contribution in [0.3, 0.4) is 0 Å². The van der Waals surface area contributed by atoms with Gasteiger partial charge in [-0.3, -0.25) is 0 Å². The molecule has 0 aliphatic heterocycles. The Morgan fingerprint density at radius 2 is 1.62 bits per heavy atom. The molecule has 2 nitrogen and oxygen atoms in total. The topological polar surface area (TPSA) is 37.3 Å². The number of rotatable bonds is 1. The summed E-state index contributed by atoms with van der Waals surface area (Å²) in [5, 5.41) is 9.06. The Morgan fingerprint density at radius 3 is 1.88 bits per heavy atom. The second kappa shape index (κ2) is 3.88. The van der Waals surface area contributed by atoms with Crippen LogP contribution in [0.1, 0.15) is 61.7 Å². The number of carbonyl (C=O) groups is 1. The highest BCUT2D eigenvalue weighted by Gasteiger charge is 2.29. The highest BCUT2D eigenvalue weighted by molar-refractivity contribution is 7.14. The summed E-state index contributed by atoms with van der Waals surface area (Å²) in [7, 11) is 0. The minimum Gasteiger partial charge on any atom is -0.477 e. The van der Waals surface area contributed by atoms with Crippen molar-refractivity contribution in [2.24, 2.45) is 0 Å². The molecule has 0 aromatic carbocycles. The van der Waals surface area contributed by atoms with Crippen LogP contribution in [-0.4, -0.2) is 11.1 Å². The third kappa shape index (κ3) is 2.64. The van der Waals surface area contributed by atoms with E-state index < -0.39 is 5.97 Å². The van der Waals surface area contributed by atoms with Gasteiger partial charge in [0.2, 0.25) is 0 Å². The van der Waals surface area contributed by atoms with E-state index in [1.807, 2.05) is 6.07 Å². The number of hydrogen-bond donors (Lipinski definition) is 1. The number of carboxylic acids is 1. The second-order valence-corrected chi connectivity index (χ2v) is 7.21. The maximum atomic E-state index is 11.0. The summed E-state index contributed by atoms with van der Waals surface area (Å²) in [6.07, 6.45) is 0. The maximum absolute atomic E-state index is 11.0. The Balaban J connectivity index is 3.41. The fraction of sp³-hybridized carbons (Fsp3) is 0.615. The highest BCUT2D eigenvalue weighted by Crippen LogP contribution is 2.39. The van der Waals surface area contributed by atoms with E-state index in [0.29, 0.717) is 4.88 Å². The molecule has 0 bridgehead atoms. The van der Waals surface area contributed by atoms with Crippen molar-refractivity contribution in [3.63, 3.8) is 0 Å². The SMILES string of the molecule is CC(C)(C)c1cc(C(=O)O)sc1C(C)(C)C. The van der Waals surface area contributed by atoms with Gasteiger partial charge in [-0.05, 0) is 22.5 Å². The molecule has 0 amide bonds. The summed E-state index contributed by atoms with van der Waals surface area (Å²) in [6.45, 7) is 12.7. The summed E-state index contributed by atoms with van der Waals surface area (Å²) >= 11 is 1.40. The Hall–Kier alpha value is -0.830. The lowest BCUT2D eigenvalue weighted by Gasteiger charge is -2.26. The lowest BCUT2D eigenvalue weighted by Crippen LogP contribution is -2.19. The first-order valence-electron chi connectivity index (χ1n) is 5.41. The molecule has 0 unspecified atom stereocenters. The van der Waals surface area contributed by atoms with Crippen molar-refractivity contribution in [1.82, 2.24) is 0 Å². The third-order valence-corrected chi connectivity index (χ3v) is 3.98. The molecule has 1 N–H and O–H groups in total. The number of aromatic carboxylic acids is 1. The van der Waals surface area contributed by atoms with Gasteiger partial charge in [0.1, 0.15) is 4.88 Å². The molecule has 0 fully saturated rings. The van der Waals surface area contributed by atoms with Crippen molar-refractivity contribution in [1.29, 1.82) is 0 Å². The van der Waals surface area contributed by atoms with Gasteiger partial charge in [0.15, 0.2) is 0 Å². The van der Waals surface area contributed by atoms with Crippen molar-refractivity contribution in [3.05, 3.63) is 21.4 Å². The van der Waals surface area contributed by atoms with Gasteiger partial charge in [-0.1, -0.05) is 41.5 Å². The van der Waals surface area contributed by atoms with Gasteiger partial charge < -0.3 is 5.11 Å². The molecular formula is C13H20O2S. The van der Waals surface area contributed by atoms with Crippen molar-refractivity contribution in [2.75, 3.05) is 0 Å². The molecule has 16 heavy (non-hydrogen) atoms. The van der Waals surface area contributed by atoms with Crippen LogP contribution in [0.25, 0.3) is 0 Å². The number of hydrogen-bond acceptors (Lipinski definition) is 2. The van der Waals surface area contributed by atoms with E-state index in [2.05, 4.69) is 41.5 Å². The maximum Gasteiger partial charge on any atom is 0.345 e. The predicted octanol–water partition coefficient (Wildman–Crippen LogP) is 4.04. The molecular weight excluding hydrogens is 220 g/mol. The summed E-state index contributed by atoms with van der Waals surface area (Å²) < 4.78 is 0. The summed E-state index contributed by atoms with van der Waals surface area (Å²) in [5.41, 5.74) is 1.15. The molecule has 0 aliphatic carbocycles. The van der Waals surface area contributed by atoms with Crippen LogP contribution in [0, 0.1) is 0 Å². The zero-order valence-electron chi connectivity index (χ0n) is 10.8. The minimum atomic E-state index is -0.828. The van der Waals surface area contributed by atoms with Crippen LogP contribution < -0.4 is 0 Å². The Labute approximate surface area is 101 Å². The van der Waals surface area contributed by atoms with Crippen molar-refractivity contribution >= 4 is 17.3 Å². The van der Waals surface area contributed by atoms with Crippen LogP contribution >= 0.6 is 11.3 Å². The Morgan fingerprint density at radius 1 is 1.12 bits per heavy atom. The van der Waals surface area contributed by atoms with Crippen LogP contribution in [0.5, 0.6) is 0 Å². The number of carboxylic acid groups (broad SMARTS) is 1. The van der Waals surface area contributed by atoms with Gasteiger partial charge in [0, 0.05) is 4.88 Å². The molecule has 0 spiro atoms. The molecule has 1 aromatic rings. The molecule has 90 valence electrons. The molecule has 0 aliphatic rings. The van der Waals surface area contributed by atoms with E-state index >= 15 is 0 Å². The van der Waals surface area contributed by atoms with Crippen LogP contribution in [-0.2, 0) is 10.8 Å². The molecule has 1 heterocycles. The van der Waals surface area contributed by atoms with E-state index in [1.165, 1.54) is 16.2 Å². The predicted molar refractivity (Wildman–Crippen MR) is 68.7 cm³/mol. The molecule has 1 aromatic heterocycles. The van der Waals surface area contributed by atoms with Gasteiger partial charge in [-0.25, -0.2) is 4.79 Å². The van der Waals surface area contributed by atoms with Crippen LogP contribution in [0.2, 0.25) is 0 Å². The van der Waals surface area contributed by atoms with E-state index in [4.69, 9.17) is 5.11 Å². The Kier molecular flexibility index (Phi) is 3.21. The van der Waals surface area contributed by atoms with Gasteiger partial charge in [0.25, 0.3) is 0 Å². The first-order chi connectivity index (χ1) is 7.03. The van der Waals surface area contributed by atoms with Gasteiger partial charge in [0.05, 0.1) is 0 Å². The van der Waals surface area contributed by atoms with E-state index in [1.54, 1.807) is 0 Å². The lowest BCUT2D eigenvalue weighted by atomic mass is 9.81. The summed E-state index contributed by atoms with van der Waals surface area (Å²) in [5.74, 6) is -0.828. The van der Waals surface area contributed by atoms with E-state index in [0.717, 1.165) is 5.56 Å². The lowest BCUT2D eigenvalue weighted by molar-refractivity contribution is 0.0702. The first kappa shape index (κ1) is 13.2. The van der Waals surface area contributed by atoms with E-state index in [-0.39, 0.29) is 10.8 Å². The third-order valence-electron chi connectivity index (χ3n) is 2.43. The fourth-order valence-electron chi connectivity index (χ4n) is 1.61. The Bertz CT molecular complexity index is 371. The quantitative estimate of drug-likeness (QED) is 0.804. The monoisotopic (exact) mass is 240 g/mol. The molecule has 3 heteroatoms. The molecule has 0 radical (unpaired) electrons. The van der Waals surface area contributed by atoms with Gasteiger partial charge >= 0.3 is 5.97 Å². The van der Waals surface area contributed by atoms with Gasteiger partial charge in [-0.2, -0.15) is 0 Å². The highest BCUT2D eigenvalue weighted by atomic mass is 32.1. The fourth-order valence-corrected chi connectivity index (χ4v) is 2.88.